The van der Waals surface area contributed by atoms with Crippen molar-refractivity contribution in [1.82, 2.24) is 0 Å². The van der Waals surface area contributed by atoms with Gasteiger partial charge in [0.1, 0.15) is 6.10 Å². The molecular formula is C13H16O6. The third-order valence-corrected chi connectivity index (χ3v) is 2.81. The van der Waals surface area contributed by atoms with Gasteiger partial charge in [0.2, 0.25) is 0 Å². The number of aromatic carboxylic acids is 1. The zero-order valence-corrected chi connectivity index (χ0v) is 10.7. The summed E-state index contributed by atoms with van der Waals surface area (Å²) in [5.41, 5.74) is 0.905. The van der Waals surface area contributed by atoms with Crippen LogP contribution in [-0.2, 0) is 9.53 Å². The van der Waals surface area contributed by atoms with E-state index in [-0.39, 0.29) is 17.5 Å². The highest BCUT2D eigenvalue weighted by atomic mass is 16.5. The number of carboxylic acid groups (broad SMARTS) is 1. The van der Waals surface area contributed by atoms with Crippen molar-refractivity contribution in [3.63, 3.8) is 0 Å². The van der Waals surface area contributed by atoms with Crippen LogP contribution in [0.2, 0.25) is 0 Å². The molecule has 0 aromatic heterocycles. The predicted octanol–water partition coefficient (Wildman–Crippen LogP) is 0.651. The van der Waals surface area contributed by atoms with Gasteiger partial charge in [-0.3, -0.25) is 4.79 Å². The van der Waals surface area contributed by atoms with E-state index in [0.29, 0.717) is 5.56 Å². The van der Waals surface area contributed by atoms with Crippen LogP contribution in [0.15, 0.2) is 18.2 Å². The first kappa shape index (κ1) is 15.1. The van der Waals surface area contributed by atoms with Crippen molar-refractivity contribution in [1.29, 1.82) is 0 Å². The van der Waals surface area contributed by atoms with Crippen LogP contribution in [-0.4, -0.2) is 40.5 Å². The highest BCUT2D eigenvalue weighted by Gasteiger charge is 2.24. The second kappa shape index (κ2) is 6.31. The summed E-state index contributed by atoms with van der Waals surface area (Å²) in [7, 11) is 1.18. The highest BCUT2D eigenvalue weighted by molar-refractivity contribution is 5.88. The number of hydrogen-bond donors (Lipinski definition) is 3. The van der Waals surface area contributed by atoms with E-state index in [0.717, 1.165) is 0 Å². The van der Waals surface area contributed by atoms with Crippen LogP contribution in [0.4, 0.5) is 0 Å². The first-order chi connectivity index (χ1) is 8.86. The molecule has 0 amide bonds. The number of methoxy groups -OCH3 is 1. The lowest BCUT2D eigenvalue weighted by molar-refractivity contribution is -0.144. The Morgan fingerprint density at radius 3 is 2.47 bits per heavy atom. The summed E-state index contributed by atoms with van der Waals surface area (Å²) >= 11 is 0. The summed E-state index contributed by atoms with van der Waals surface area (Å²) in [6.45, 7) is 1.68. The number of aliphatic hydroxyl groups excluding tert-OH is 2. The van der Waals surface area contributed by atoms with Gasteiger partial charge in [-0.25, -0.2) is 4.79 Å². The van der Waals surface area contributed by atoms with Crippen LogP contribution < -0.4 is 0 Å². The molecule has 0 saturated heterocycles. The molecule has 3 N–H and O–H groups in total. The molecule has 0 radical (unpaired) electrons. The fraction of sp³-hybridized carbons (Fsp3) is 0.385. The van der Waals surface area contributed by atoms with Gasteiger partial charge in [-0.05, 0) is 30.2 Å². The number of carbonyl (C=O) groups is 2. The molecule has 0 aliphatic carbocycles. The smallest absolute Gasteiger partial charge is 0.335 e. The summed E-state index contributed by atoms with van der Waals surface area (Å²) in [4.78, 5) is 21.9. The van der Waals surface area contributed by atoms with Gasteiger partial charge in [0.05, 0.1) is 25.2 Å². The monoisotopic (exact) mass is 268 g/mol. The lowest BCUT2D eigenvalue weighted by Crippen LogP contribution is -2.23. The van der Waals surface area contributed by atoms with Gasteiger partial charge in [-0.1, -0.05) is 6.07 Å². The SMILES string of the molecule is COC(=O)CC(O)C(O)c1cc(C(=O)O)ccc1C. The molecular weight excluding hydrogens is 252 g/mol. The average molecular weight is 268 g/mol. The molecule has 2 unspecified atom stereocenters. The summed E-state index contributed by atoms with van der Waals surface area (Å²) in [6, 6.07) is 4.22. The minimum absolute atomic E-state index is 0.00455. The number of aliphatic hydroxyl groups is 2. The molecule has 1 aromatic carbocycles. The van der Waals surface area contributed by atoms with Crippen molar-refractivity contribution in [3.8, 4) is 0 Å². The number of esters is 1. The number of benzene rings is 1. The van der Waals surface area contributed by atoms with Gasteiger partial charge in [-0.15, -0.1) is 0 Å². The molecule has 0 spiro atoms. The van der Waals surface area contributed by atoms with Crippen LogP contribution in [0.25, 0.3) is 0 Å². The lowest BCUT2D eigenvalue weighted by atomic mass is 9.96. The molecule has 0 fully saturated rings. The Morgan fingerprint density at radius 1 is 1.32 bits per heavy atom. The van der Waals surface area contributed by atoms with E-state index < -0.39 is 24.1 Å². The number of ether oxygens (including phenoxy) is 1. The van der Waals surface area contributed by atoms with Crippen LogP contribution >= 0.6 is 0 Å². The minimum atomic E-state index is -1.35. The molecule has 1 aromatic rings. The Balaban J connectivity index is 2.97. The Hall–Kier alpha value is -1.92. The minimum Gasteiger partial charge on any atom is -0.478 e. The van der Waals surface area contributed by atoms with E-state index >= 15 is 0 Å². The standard InChI is InChI=1S/C13H16O6/c1-7-3-4-8(13(17)18)5-9(7)12(16)10(14)6-11(15)19-2/h3-5,10,12,14,16H,6H2,1-2H3,(H,17,18). The van der Waals surface area contributed by atoms with Crippen LogP contribution in [0.1, 0.15) is 34.0 Å². The normalized spacial score (nSPS) is 13.7. The molecule has 0 heterocycles. The van der Waals surface area contributed by atoms with E-state index in [4.69, 9.17) is 5.11 Å². The molecule has 1 rings (SSSR count). The molecule has 6 nitrogen and oxygen atoms in total. The molecule has 19 heavy (non-hydrogen) atoms. The lowest BCUT2D eigenvalue weighted by Gasteiger charge is -2.19. The van der Waals surface area contributed by atoms with Crippen molar-refractivity contribution in [2.75, 3.05) is 7.11 Å². The fourth-order valence-corrected chi connectivity index (χ4v) is 1.67. The number of carbonyl (C=O) groups excluding carboxylic acids is 1. The third-order valence-electron chi connectivity index (χ3n) is 2.81. The van der Waals surface area contributed by atoms with Crippen LogP contribution in [0.5, 0.6) is 0 Å². The largest absolute Gasteiger partial charge is 0.478 e. The van der Waals surface area contributed by atoms with Crippen LogP contribution in [0.3, 0.4) is 0 Å². The van der Waals surface area contributed by atoms with Gasteiger partial charge in [0.15, 0.2) is 0 Å². The molecule has 6 heteroatoms. The quantitative estimate of drug-likeness (QED) is 0.677. The van der Waals surface area contributed by atoms with E-state index in [1.165, 1.54) is 25.3 Å². The summed E-state index contributed by atoms with van der Waals surface area (Å²) < 4.78 is 4.39. The first-order valence-corrected chi connectivity index (χ1v) is 5.63. The summed E-state index contributed by atoms with van der Waals surface area (Å²) in [5, 5.41) is 28.6. The predicted molar refractivity (Wildman–Crippen MR) is 65.7 cm³/mol. The summed E-state index contributed by atoms with van der Waals surface area (Å²) in [5.74, 6) is -1.78. The van der Waals surface area contributed by atoms with Gasteiger partial charge in [0, 0.05) is 0 Å². The Kier molecular flexibility index (Phi) is 5.02. The van der Waals surface area contributed by atoms with Gasteiger partial charge in [-0.2, -0.15) is 0 Å². The summed E-state index contributed by atoms with van der Waals surface area (Å²) in [6.07, 6.45) is -3.07. The maximum Gasteiger partial charge on any atom is 0.335 e. The van der Waals surface area contributed by atoms with Crippen LogP contribution in [0, 0.1) is 6.92 Å². The van der Waals surface area contributed by atoms with Gasteiger partial charge >= 0.3 is 11.9 Å². The first-order valence-electron chi connectivity index (χ1n) is 5.63. The number of hydrogen-bond acceptors (Lipinski definition) is 5. The van der Waals surface area contributed by atoms with Gasteiger partial charge < -0.3 is 20.1 Å². The zero-order chi connectivity index (χ0) is 14.6. The zero-order valence-electron chi connectivity index (χ0n) is 10.7. The van der Waals surface area contributed by atoms with Gasteiger partial charge in [0.25, 0.3) is 0 Å². The van der Waals surface area contributed by atoms with Crippen molar-refractivity contribution < 1.29 is 29.6 Å². The fourth-order valence-electron chi connectivity index (χ4n) is 1.67. The third kappa shape index (κ3) is 3.77. The maximum absolute atomic E-state index is 11.0. The van der Waals surface area contributed by atoms with Crippen molar-refractivity contribution in [2.24, 2.45) is 0 Å². The van der Waals surface area contributed by atoms with Crippen molar-refractivity contribution in [3.05, 3.63) is 34.9 Å². The molecule has 0 bridgehead atoms. The maximum atomic E-state index is 11.0. The van der Waals surface area contributed by atoms with Crippen molar-refractivity contribution >= 4 is 11.9 Å². The number of rotatable bonds is 5. The Bertz CT molecular complexity index is 482. The van der Waals surface area contributed by atoms with E-state index in [1.807, 2.05) is 0 Å². The topological polar surface area (TPSA) is 104 Å². The molecule has 2 atom stereocenters. The molecule has 0 saturated carbocycles. The molecule has 0 aliphatic heterocycles. The average Bonchev–Trinajstić information content (AvgIpc) is 2.37. The van der Waals surface area contributed by atoms with Crippen molar-refractivity contribution in [2.45, 2.75) is 25.6 Å². The second-order valence-corrected chi connectivity index (χ2v) is 4.17. The Labute approximate surface area is 110 Å². The number of aryl methyl sites for hydroxylation is 1. The Morgan fingerprint density at radius 2 is 1.95 bits per heavy atom. The van der Waals surface area contributed by atoms with E-state index in [1.54, 1.807) is 6.92 Å². The number of carboxylic acids is 1. The van der Waals surface area contributed by atoms with E-state index in [2.05, 4.69) is 4.74 Å². The van der Waals surface area contributed by atoms with E-state index in [9.17, 15) is 19.8 Å². The molecule has 0 aliphatic rings. The second-order valence-electron chi connectivity index (χ2n) is 4.17. The highest BCUT2D eigenvalue weighted by Crippen LogP contribution is 2.24. The molecule has 104 valence electrons.